The minimum absolute atomic E-state index is 0.0380. The highest BCUT2D eigenvalue weighted by atomic mass is 19.4. The smallest absolute Gasteiger partial charge is 0.475 e. The Hall–Kier alpha value is -2.94. The minimum atomic E-state index is -5.08. The Morgan fingerprint density at radius 2 is 1.66 bits per heavy atom. The maximum absolute atomic E-state index is 12.3. The van der Waals surface area contributed by atoms with Crippen LogP contribution in [0.4, 0.5) is 26.3 Å². The minimum Gasteiger partial charge on any atom is -0.475 e. The zero-order valence-electron chi connectivity index (χ0n) is 18.7. The number of likely N-dealkylation sites (tertiary alicyclic amines) is 1. The number of aliphatic carboxylic acids is 2. The largest absolute Gasteiger partial charge is 0.490 e. The number of carbonyl (C=O) groups is 3. The van der Waals surface area contributed by atoms with Crippen molar-refractivity contribution in [1.82, 2.24) is 14.8 Å². The van der Waals surface area contributed by atoms with E-state index in [-0.39, 0.29) is 17.9 Å². The van der Waals surface area contributed by atoms with E-state index in [0.717, 1.165) is 32.5 Å². The maximum atomic E-state index is 12.3. The van der Waals surface area contributed by atoms with E-state index in [1.165, 1.54) is 5.56 Å². The van der Waals surface area contributed by atoms with E-state index >= 15 is 0 Å². The van der Waals surface area contributed by atoms with Gasteiger partial charge in [-0.1, -0.05) is 6.07 Å². The topological polar surface area (TPSA) is 120 Å². The zero-order valence-corrected chi connectivity index (χ0v) is 18.7. The molecule has 1 aromatic heterocycles. The molecule has 3 rings (SSSR count). The molecule has 0 spiro atoms. The summed E-state index contributed by atoms with van der Waals surface area (Å²) in [5, 5.41) is 14.2. The number of carbonyl (C=O) groups excluding carboxylic acids is 1. The van der Waals surface area contributed by atoms with Gasteiger partial charge in [0.1, 0.15) is 0 Å². The van der Waals surface area contributed by atoms with Crippen molar-refractivity contribution < 1.29 is 55.7 Å². The molecule has 9 nitrogen and oxygen atoms in total. The van der Waals surface area contributed by atoms with Crippen molar-refractivity contribution in [3.8, 4) is 0 Å². The van der Waals surface area contributed by atoms with Gasteiger partial charge >= 0.3 is 24.3 Å². The standard InChI is InChI=1S/C16H23N3O2.2C2HF3O2/c1-18(2)16(20)13-8-15-14(5-7-21-15)19(11-13)10-12-4-3-6-17-9-12;2*3-2(4,5)1(6)7/h3-4,6,9,13-15H,5,7-8,10-11H2,1-2H3;2*(H,6,7)/t13-,14+,15+;;/m0../s1. The third-order valence-corrected chi connectivity index (χ3v) is 5.00. The highest BCUT2D eigenvalue weighted by Gasteiger charge is 2.42. The number of nitrogens with zero attached hydrogens (tertiary/aromatic N) is 3. The first-order valence-electron chi connectivity index (χ1n) is 10.1. The van der Waals surface area contributed by atoms with Gasteiger partial charge in [-0.15, -0.1) is 0 Å². The average molecular weight is 517 g/mol. The molecule has 2 aliphatic rings. The molecule has 2 N–H and O–H groups in total. The number of hydrogen-bond acceptors (Lipinski definition) is 6. The van der Waals surface area contributed by atoms with Crippen molar-refractivity contribution in [2.45, 2.75) is 43.9 Å². The Morgan fingerprint density at radius 3 is 2.09 bits per heavy atom. The molecular formula is C20H25F6N3O6. The molecular weight excluding hydrogens is 492 g/mol. The zero-order chi connectivity index (χ0) is 27.0. The molecule has 3 atom stereocenters. The molecule has 1 amide bonds. The second kappa shape index (κ2) is 12.7. The van der Waals surface area contributed by atoms with Crippen LogP contribution in [0.3, 0.4) is 0 Å². The molecule has 15 heteroatoms. The first kappa shape index (κ1) is 30.1. The van der Waals surface area contributed by atoms with E-state index in [4.69, 9.17) is 24.5 Å². The average Bonchev–Trinajstić information content (AvgIpc) is 3.22. The molecule has 0 aliphatic carbocycles. The SMILES string of the molecule is CN(C)C(=O)[C@H]1C[C@H]2OCC[C@H]2N(Cc2cccnc2)C1.O=C(O)C(F)(F)F.O=C(O)C(F)(F)F. The Bertz CT molecular complexity index is 826. The molecule has 198 valence electrons. The van der Waals surface area contributed by atoms with Crippen LogP contribution in [0.15, 0.2) is 24.5 Å². The van der Waals surface area contributed by atoms with Crippen molar-refractivity contribution in [3.05, 3.63) is 30.1 Å². The summed E-state index contributed by atoms with van der Waals surface area (Å²) in [6.07, 6.45) is -4.36. The van der Waals surface area contributed by atoms with Gasteiger partial charge in [-0.2, -0.15) is 26.3 Å². The lowest BCUT2D eigenvalue weighted by molar-refractivity contribution is -0.193. The first-order chi connectivity index (χ1) is 16.0. The lowest BCUT2D eigenvalue weighted by Crippen LogP contribution is -2.52. The summed E-state index contributed by atoms with van der Waals surface area (Å²) in [5.74, 6) is -5.27. The number of carboxylic acid groups (broad SMARTS) is 2. The Kier molecular flexibility index (Phi) is 10.9. The molecule has 0 saturated carbocycles. The fourth-order valence-electron chi connectivity index (χ4n) is 3.51. The number of amides is 1. The molecule has 0 bridgehead atoms. The van der Waals surface area contributed by atoms with E-state index in [9.17, 15) is 31.1 Å². The van der Waals surface area contributed by atoms with E-state index in [0.29, 0.717) is 6.04 Å². The normalized spacial score (nSPS) is 22.0. The summed E-state index contributed by atoms with van der Waals surface area (Å²) in [6, 6.07) is 4.50. The molecule has 2 aliphatic heterocycles. The number of rotatable bonds is 3. The number of piperidine rings is 1. The fourth-order valence-corrected chi connectivity index (χ4v) is 3.51. The van der Waals surface area contributed by atoms with Gasteiger partial charge < -0.3 is 19.8 Å². The lowest BCUT2D eigenvalue weighted by Gasteiger charge is -2.40. The monoisotopic (exact) mass is 517 g/mol. The van der Waals surface area contributed by atoms with Crippen molar-refractivity contribution in [1.29, 1.82) is 0 Å². The first-order valence-corrected chi connectivity index (χ1v) is 10.1. The van der Waals surface area contributed by atoms with Crippen LogP contribution in [0.2, 0.25) is 0 Å². The van der Waals surface area contributed by atoms with Crippen molar-refractivity contribution in [2.75, 3.05) is 27.2 Å². The van der Waals surface area contributed by atoms with Crippen LogP contribution in [-0.4, -0.2) is 94.6 Å². The second-order valence-electron chi connectivity index (χ2n) is 7.83. The lowest BCUT2D eigenvalue weighted by atomic mass is 9.89. The fraction of sp³-hybridized carbons (Fsp3) is 0.600. The van der Waals surface area contributed by atoms with Gasteiger partial charge in [-0.05, 0) is 24.5 Å². The predicted octanol–water partition coefficient (Wildman–Crippen LogP) is 2.42. The summed E-state index contributed by atoms with van der Waals surface area (Å²) in [4.78, 5) is 38.4. The van der Waals surface area contributed by atoms with Gasteiger partial charge in [-0.25, -0.2) is 9.59 Å². The molecule has 0 radical (unpaired) electrons. The van der Waals surface area contributed by atoms with Crippen LogP contribution in [0.5, 0.6) is 0 Å². The number of fused-ring (bicyclic) bond motifs is 1. The maximum Gasteiger partial charge on any atom is 0.490 e. The number of aromatic nitrogens is 1. The van der Waals surface area contributed by atoms with Gasteiger partial charge in [-0.3, -0.25) is 14.7 Å². The Balaban J connectivity index is 0.000000362. The van der Waals surface area contributed by atoms with Crippen LogP contribution in [-0.2, 0) is 25.7 Å². The van der Waals surface area contributed by atoms with Crippen LogP contribution in [0.25, 0.3) is 0 Å². The summed E-state index contributed by atoms with van der Waals surface area (Å²) in [7, 11) is 3.66. The third kappa shape index (κ3) is 10.1. The number of hydrogen-bond donors (Lipinski definition) is 2. The summed E-state index contributed by atoms with van der Waals surface area (Å²) in [6.45, 7) is 2.47. The van der Waals surface area contributed by atoms with E-state index in [2.05, 4.69) is 16.0 Å². The second-order valence-corrected chi connectivity index (χ2v) is 7.83. The number of ether oxygens (including phenoxy) is 1. The van der Waals surface area contributed by atoms with E-state index < -0.39 is 24.3 Å². The predicted molar refractivity (Wildman–Crippen MR) is 107 cm³/mol. The van der Waals surface area contributed by atoms with Gasteiger partial charge in [0.25, 0.3) is 0 Å². The summed E-state index contributed by atoms with van der Waals surface area (Å²) >= 11 is 0. The van der Waals surface area contributed by atoms with Crippen LogP contribution in [0, 0.1) is 5.92 Å². The van der Waals surface area contributed by atoms with Crippen LogP contribution < -0.4 is 0 Å². The molecule has 3 heterocycles. The van der Waals surface area contributed by atoms with Crippen molar-refractivity contribution in [3.63, 3.8) is 0 Å². The summed E-state index contributed by atoms with van der Waals surface area (Å²) in [5.41, 5.74) is 1.20. The van der Waals surface area contributed by atoms with Crippen molar-refractivity contribution in [2.24, 2.45) is 5.92 Å². The summed E-state index contributed by atoms with van der Waals surface area (Å²) < 4.78 is 69.3. The number of carboxylic acids is 2. The van der Waals surface area contributed by atoms with Crippen molar-refractivity contribution >= 4 is 17.8 Å². The Morgan fingerprint density at radius 1 is 1.11 bits per heavy atom. The van der Waals surface area contributed by atoms with Gasteiger partial charge in [0.05, 0.1) is 12.0 Å². The van der Waals surface area contributed by atoms with Gasteiger partial charge in [0.2, 0.25) is 5.91 Å². The van der Waals surface area contributed by atoms with E-state index in [1.807, 2.05) is 26.4 Å². The molecule has 0 aromatic carbocycles. The molecule has 0 unspecified atom stereocenters. The number of pyridine rings is 1. The van der Waals surface area contributed by atoms with Crippen LogP contribution >= 0.6 is 0 Å². The van der Waals surface area contributed by atoms with Gasteiger partial charge in [0.15, 0.2) is 0 Å². The Labute approximate surface area is 196 Å². The molecule has 2 saturated heterocycles. The highest BCUT2D eigenvalue weighted by Crippen LogP contribution is 2.32. The third-order valence-electron chi connectivity index (χ3n) is 5.00. The highest BCUT2D eigenvalue weighted by molar-refractivity contribution is 5.78. The molecule has 35 heavy (non-hydrogen) atoms. The van der Waals surface area contributed by atoms with E-state index in [1.54, 1.807) is 11.1 Å². The van der Waals surface area contributed by atoms with Crippen LogP contribution in [0.1, 0.15) is 18.4 Å². The number of halogens is 6. The number of alkyl halides is 6. The van der Waals surface area contributed by atoms with Gasteiger partial charge in [0, 0.05) is 52.2 Å². The quantitative estimate of drug-likeness (QED) is 0.587. The molecule has 1 aromatic rings. The molecule has 2 fully saturated rings.